The van der Waals surface area contributed by atoms with Crippen LogP contribution in [0.3, 0.4) is 0 Å². The Kier molecular flexibility index (Phi) is 4.22. The van der Waals surface area contributed by atoms with Crippen LogP contribution in [0, 0.1) is 5.41 Å². The van der Waals surface area contributed by atoms with Crippen LogP contribution < -0.4 is 5.32 Å². The van der Waals surface area contributed by atoms with Gasteiger partial charge < -0.3 is 15.3 Å². The van der Waals surface area contributed by atoms with Gasteiger partial charge in [0.2, 0.25) is 0 Å². The Morgan fingerprint density at radius 2 is 1.88 bits per heavy atom. The zero-order valence-corrected chi connectivity index (χ0v) is 10.5. The summed E-state index contributed by atoms with van der Waals surface area (Å²) in [6, 6.07) is 0. The Hall–Kier alpha value is -0.120. The van der Waals surface area contributed by atoms with E-state index in [1.165, 1.54) is 32.2 Å². The first-order chi connectivity index (χ1) is 7.74. The molecule has 0 aromatic heterocycles. The number of nitrogens with one attached hydrogen (secondary N) is 1. The van der Waals surface area contributed by atoms with E-state index in [0.717, 1.165) is 32.5 Å². The molecule has 1 aliphatic carbocycles. The van der Waals surface area contributed by atoms with Crippen LogP contribution in [0.5, 0.6) is 0 Å². The van der Waals surface area contributed by atoms with Crippen LogP contribution in [0.25, 0.3) is 0 Å². The third kappa shape index (κ3) is 2.96. The summed E-state index contributed by atoms with van der Waals surface area (Å²) in [6.45, 7) is 4.58. The molecule has 0 aromatic rings. The molecule has 0 spiro atoms. The van der Waals surface area contributed by atoms with Crippen LogP contribution in [0.2, 0.25) is 0 Å². The highest BCUT2D eigenvalue weighted by molar-refractivity contribution is 4.90. The van der Waals surface area contributed by atoms with Gasteiger partial charge in [0.05, 0.1) is 6.10 Å². The number of hydrogen-bond donors (Lipinski definition) is 2. The molecule has 2 aliphatic rings. The summed E-state index contributed by atoms with van der Waals surface area (Å²) in [5.74, 6) is 0. The van der Waals surface area contributed by atoms with Gasteiger partial charge in [-0.25, -0.2) is 0 Å². The number of aliphatic hydroxyl groups is 1. The van der Waals surface area contributed by atoms with Crippen molar-refractivity contribution >= 4 is 0 Å². The van der Waals surface area contributed by atoms with Gasteiger partial charge in [-0.15, -0.1) is 0 Å². The summed E-state index contributed by atoms with van der Waals surface area (Å²) in [5.41, 5.74) is 0.525. The van der Waals surface area contributed by atoms with Crippen LogP contribution in [0.15, 0.2) is 0 Å². The van der Waals surface area contributed by atoms with Crippen molar-refractivity contribution in [2.45, 2.75) is 44.6 Å². The lowest BCUT2D eigenvalue weighted by Gasteiger charge is -2.38. The fraction of sp³-hybridized carbons (Fsp3) is 1.00. The number of nitrogens with zero attached hydrogens (tertiary/aromatic N) is 1. The summed E-state index contributed by atoms with van der Waals surface area (Å²) < 4.78 is 0. The molecule has 0 aromatic carbocycles. The quantitative estimate of drug-likeness (QED) is 0.756. The minimum atomic E-state index is -0.0416. The van der Waals surface area contributed by atoms with Crippen LogP contribution in [0.4, 0.5) is 0 Å². The van der Waals surface area contributed by atoms with Crippen molar-refractivity contribution in [1.29, 1.82) is 0 Å². The Bertz CT molecular complexity index is 206. The van der Waals surface area contributed by atoms with Gasteiger partial charge in [-0.3, -0.25) is 0 Å². The molecule has 0 amide bonds. The molecule has 94 valence electrons. The topological polar surface area (TPSA) is 35.5 Å². The van der Waals surface area contributed by atoms with Crippen LogP contribution in [0.1, 0.15) is 38.5 Å². The largest absolute Gasteiger partial charge is 0.393 e. The normalized spacial score (nSPS) is 27.4. The molecule has 1 heterocycles. The van der Waals surface area contributed by atoms with Crippen molar-refractivity contribution in [3.05, 3.63) is 0 Å². The molecule has 2 fully saturated rings. The first kappa shape index (κ1) is 12.3. The van der Waals surface area contributed by atoms with Gasteiger partial charge in [-0.05, 0) is 38.1 Å². The highest BCUT2D eigenvalue weighted by Gasteiger charge is 2.35. The molecular weight excluding hydrogens is 200 g/mol. The molecule has 0 atom stereocenters. The number of hydrogen-bond acceptors (Lipinski definition) is 3. The van der Waals surface area contributed by atoms with E-state index in [9.17, 15) is 5.11 Å². The second-order valence-corrected chi connectivity index (χ2v) is 5.74. The molecular formula is C13H26N2O. The minimum Gasteiger partial charge on any atom is -0.393 e. The second kappa shape index (κ2) is 5.48. The van der Waals surface area contributed by atoms with Crippen molar-refractivity contribution in [3.8, 4) is 0 Å². The average molecular weight is 226 g/mol. The van der Waals surface area contributed by atoms with E-state index in [-0.39, 0.29) is 6.10 Å². The molecule has 3 heteroatoms. The highest BCUT2D eigenvalue weighted by atomic mass is 16.3. The maximum Gasteiger partial charge on any atom is 0.0564 e. The number of aliphatic hydroxyl groups excluding tert-OH is 1. The molecule has 16 heavy (non-hydrogen) atoms. The van der Waals surface area contributed by atoms with E-state index in [4.69, 9.17) is 0 Å². The van der Waals surface area contributed by atoms with E-state index < -0.39 is 0 Å². The van der Waals surface area contributed by atoms with Crippen LogP contribution in [-0.2, 0) is 0 Å². The molecule has 1 aliphatic heterocycles. The summed E-state index contributed by atoms with van der Waals surface area (Å²) in [5, 5.41) is 12.9. The lowest BCUT2D eigenvalue weighted by atomic mass is 9.85. The summed E-state index contributed by atoms with van der Waals surface area (Å²) in [7, 11) is 2.07. The maximum atomic E-state index is 9.52. The number of rotatable bonds is 4. The first-order valence-corrected chi connectivity index (χ1v) is 6.79. The number of likely N-dealkylation sites (tertiary alicyclic amines) is 1. The zero-order chi connectivity index (χ0) is 11.4. The van der Waals surface area contributed by atoms with Gasteiger partial charge in [0.1, 0.15) is 0 Å². The van der Waals surface area contributed by atoms with Crippen LogP contribution >= 0.6 is 0 Å². The van der Waals surface area contributed by atoms with Gasteiger partial charge >= 0.3 is 0 Å². The Balaban J connectivity index is 1.85. The summed E-state index contributed by atoms with van der Waals surface area (Å²) >= 11 is 0. The molecule has 2 N–H and O–H groups in total. The predicted molar refractivity (Wildman–Crippen MR) is 66.5 cm³/mol. The molecule has 0 unspecified atom stereocenters. The SMILES string of the molecule is CNCC1(CN2CCC(O)CC2)CCCC1. The molecule has 3 nitrogen and oxygen atoms in total. The van der Waals surface area contributed by atoms with E-state index >= 15 is 0 Å². The van der Waals surface area contributed by atoms with Crippen molar-refractivity contribution in [2.75, 3.05) is 33.2 Å². The number of piperidine rings is 1. The summed E-state index contributed by atoms with van der Waals surface area (Å²) in [6.07, 6.45) is 7.46. The van der Waals surface area contributed by atoms with E-state index in [1.54, 1.807) is 0 Å². The maximum absolute atomic E-state index is 9.52. The van der Waals surface area contributed by atoms with Crippen LogP contribution in [-0.4, -0.2) is 49.3 Å². The van der Waals surface area contributed by atoms with E-state index in [0.29, 0.717) is 5.41 Å². The van der Waals surface area contributed by atoms with Crippen molar-refractivity contribution in [1.82, 2.24) is 10.2 Å². The van der Waals surface area contributed by atoms with E-state index in [2.05, 4.69) is 17.3 Å². The minimum absolute atomic E-state index is 0.0416. The van der Waals surface area contributed by atoms with Gasteiger partial charge in [0.25, 0.3) is 0 Å². The smallest absolute Gasteiger partial charge is 0.0564 e. The summed E-state index contributed by atoms with van der Waals surface area (Å²) in [4.78, 5) is 2.56. The van der Waals surface area contributed by atoms with Gasteiger partial charge in [-0.1, -0.05) is 12.8 Å². The van der Waals surface area contributed by atoms with Crippen molar-refractivity contribution in [2.24, 2.45) is 5.41 Å². The molecule has 0 bridgehead atoms. The fourth-order valence-corrected chi connectivity index (χ4v) is 3.44. The van der Waals surface area contributed by atoms with Gasteiger partial charge in [0.15, 0.2) is 0 Å². The zero-order valence-electron chi connectivity index (χ0n) is 10.5. The Labute approximate surface area is 99.2 Å². The second-order valence-electron chi connectivity index (χ2n) is 5.74. The molecule has 0 radical (unpaired) electrons. The standard InChI is InChI=1S/C13H26N2O/c1-14-10-13(6-2-3-7-13)11-15-8-4-12(16)5-9-15/h12,14,16H,2-11H2,1H3. The Morgan fingerprint density at radius 1 is 1.25 bits per heavy atom. The first-order valence-electron chi connectivity index (χ1n) is 6.79. The molecule has 1 saturated carbocycles. The van der Waals surface area contributed by atoms with Gasteiger partial charge in [-0.2, -0.15) is 0 Å². The fourth-order valence-electron chi connectivity index (χ4n) is 3.44. The third-order valence-electron chi connectivity index (χ3n) is 4.33. The average Bonchev–Trinajstić information content (AvgIpc) is 2.71. The van der Waals surface area contributed by atoms with E-state index in [1.807, 2.05) is 0 Å². The van der Waals surface area contributed by atoms with Crippen molar-refractivity contribution in [3.63, 3.8) is 0 Å². The third-order valence-corrected chi connectivity index (χ3v) is 4.33. The molecule has 2 rings (SSSR count). The monoisotopic (exact) mass is 226 g/mol. The lowest BCUT2D eigenvalue weighted by Crippen LogP contribution is -2.45. The lowest BCUT2D eigenvalue weighted by molar-refractivity contribution is 0.0572. The molecule has 1 saturated heterocycles. The highest BCUT2D eigenvalue weighted by Crippen LogP contribution is 2.38. The van der Waals surface area contributed by atoms with Gasteiger partial charge in [0, 0.05) is 26.2 Å². The predicted octanol–water partition coefficient (Wildman–Crippen LogP) is 1.22. The Morgan fingerprint density at radius 3 is 2.44 bits per heavy atom. The van der Waals surface area contributed by atoms with Crippen molar-refractivity contribution < 1.29 is 5.11 Å².